The molecule has 0 aliphatic heterocycles. The molecule has 0 atom stereocenters. The SMILES string of the molecule is CC(C)CNCCCCCCI. The van der Waals surface area contributed by atoms with Crippen LogP contribution in [-0.4, -0.2) is 17.5 Å². The van der Waals surface area contributed by atoms with Gasteiger partial charge in [-0.15, -0.1) is 0 Å². The van der Waals surface area contributed by atoms with Crippen molar-refractivity contribution in [3.8, 4) is 0 Å². The minimum Gasteiger partial charge on any atom is -0.316 e. The molecule has 2 heteroatoms. The molecule has 0 fully saturated rings. The van der Waals surface area contributed by atoms with Crippen LogP contribution in [0.25, 0.3) is 0 Å². The lowest BCUT2D eigenvalue weighted by Gasteiger charge is -2.06. The number of alkyl halides is 1. The van der Waals surface area contributed by atoms with E-state index in [0.29, 0.717) is 0 Å². The first kappa shape index (κ1) is 12.7. The maximum Gasteiger partial charge on any atom is -0.000473 e. The summed E-state index contributed by atoms with van der Waals surface area (Å²) >= 11 is 2.45. The van der Waals surface area contributed by atoms with Gasteiger partial charge in [-0.1, -0.05) is 49.3 Å². The molecule has 0 aromatic rings. The smallest absolute Gasteiger partial charge is 0.000473 e. The van der Waals surface area contributed by atoms with Gasteiger partial charge in [0.05, 0.1) is 0 Å². The van der Waals surface area contributed by atoms with Gasteiger partial charge in [0.15, 0.2) is 0 Å². The summed E-state index contributed by atoms with van der Waals surface area (Å²) in [7, 11) is 0. The van der Waals surface area contributed by atoms with Crippen molar-refractivity contribution in [2.45, 2.75) is 39.5 Å². The molecule has 74 valence electrons. The molecule has 0 spiro atoms. The number of hydrogen-bond acceptors (Lipinski definition) is 1. The maximum atomic E-state index is 3.46. The van der Waals surface area contributed by atoms with Gasteiger partial charge in [-0.05, 0) is 36.3 Å². The number of halogens is 1. The van der Waals surface area contributed by atoms with Crippen LogP contribution in [-0.2, 0) is 0 Å². The maximum absolute atomic E-state index is 3.46. The molecule has 0 saturated carbocycles. The Balaban J connectivity index is 2.82. The Morgan fingerprint density at radius 3 is 2.33 bits per heavy atom. The molecule has 1 nitrogen and oxygen atoms in total. The molecule has 0 saturated heterocycles. The molecule has 1 N–H and O–H groups in total. The van der Waals surface area contributed by atoms with E-state index in [1.807, 2.05) is 0 Å². The van der Waals surface area contributed by atoms with E-state index in [0.717, 1.165) is 5.92 Å². The van der Waals surface area contributed by atoms with Crippen molar-refractivity contribution in [3.05, 3.63) is 0 Å². The molecule has 0 amide bonds. The minimum atomic E-state index is 0.791. The Morgan fingerprint density at radius 2 is 1.75 bits per heavy atom. The van der Waals surface area contributed by atoms with E-state index in [-0.39, 0.29) is 0 Å². The summed E-state index contributed by atoms with van der Waals surface area (Å²) in [5.41, 5.74) is 0. The summed E-state index contributed by atoms with van der Waals surface area (Å²) in [6.45, 7) is 6.89. The second kappa shape index (κ2) is 9.78. The molecule has 0 rings (SSSR count). The fraction of sp³-hybridized carbons (Fsp3) is 1.00. The quantitative estimate of drug-likeness (QED) is 0.410. The summed E-state index contributed by atoms with van der Waals surface area (Å²) in [6, 6.07) is 0. The zero-order valence-electron chi connectivity index (χ0n) is 8.41. The zero-order valence-corrected chi connectivity index (χ0v) is 10.6. The van der Waals surface area contributed by atoms with Gasteiger partial charge in [-0.3, -0.25) is 0 Å². The Kier molecular flexibility index (Phi) is 10.3. The first-order valence-electron chi connectivity index (χ1n) is 5.04. The van der Waals surface area contributed by atoms with Crippen LogP contribution >= 0.6 is 22.6 Å². The Hall–Kier alpha value is 0.690. The van der Waals surface area contributed by atoms with Crippen molar-refractivity contribution >= 4 is 22.6 Å². The fourth-order valence-electron chi connectivity index (χ4n) is 1.09. The first-order chi connectivity index (χ1) is 5.77. The van der Waals surface area contributed by atoms with Crippen molar-refractivity contribution in [1.82, 2.24) is 5.32 Å². The molecule has 0 radical (unpaired) electrons. The van der Waals surface area contributed by atoms with E-state index in [1.165, 1.54) is 43.2 Å². The highest BCUT2D eigenvalue weighted by Gasteiger charge is 1.92. The van der Waals surface area contributed by atoms with Crippen LogP contribution in [0.3, 0.4) is 0 Å². The summed E-state index contributed by atoms with van der Waals surface area (Å²) in [6.07, 6.45) is 5.55. The topological polar surface area (TPSA) is 12.0 Å². The van der Waals surface area contributed by atoms with Crippen LogP contribution in [0.5, 0.6) is 0 Å². The third-order valence-corrected chi connectivity index (χ3v) is 2.55. The van der Waals surface area contributed by atoms with Gasteiger partial charge >= 0.3 is 0 Å². The van der Waals surface area contributed by atoms with Crippen LogP contribution in [0.2, 0.25) is 0 Å². The lowest BCUT2D eigenvalue weighted by molar-refractivity contribution is 0.529. The third kappa shape index (κ3) is 10.7. The van der Waals surface area contributed by atoms with Crippen LogP contribution in [0.1, 0.15) is 39.5 Å². The molecular formula is C10H22IN. The molecule has 0 aromatic heterocycles. The Morgan fingerprint density at radius 1 is 1.08 bits per heavy atom. The molecule has 0 aliphatic rings. The van der Waals surface area contributed by atoms with E-state index in [1.54, 1.807) is 0 Å². The average Bonchev–Trinajstić information content (AvgIpc) is 2.02. The lowest BCUT2D eigenvalue weighted by Crippen LogP contribution is -2.20. The number of unbranched alkanes of at least 4 members (excludes halogenated alkanes) is 3. The van der Waals surface area contributed by atoms with Crippen LogP contribution < -0.4 is 5.32 Å². The van der Waals surface area contributed by atoms with Crippen molar-refractivity contribution in [1.29, 1.82) is 0 Å². The van der Waals surface area contributed by atoms with Gasteiger partial charge in [0.2, 0.25) is 0 Å². The number of rotatable bonds is 8. The van der Waals surface area contributed by atoms with Crippen molar-refractivity contribution in [2.75, 3.05) is 17.5 Å². The van der Waals surface area contributed by atoms with Crippen LogP contribution in [0, 0.1) is 5.92 Å². The molecule has 0 unspecified atom stereocenters. The number of nitrogens with one attached hydrogen (secondary N) is 1. The van der Waals surface area contributed by atoms with Gasteiger partial charge in [-0.2, -0.15) is 0 Å². The summed E-state index contributed by atoms with van der Waals surface area (Å²) in [5.74, 6) is 0.791. The van der Waals surface area contributed by atoms with Crippen molar-refractivity contribution in [3.63, 3.8) is 0 Å². The van der Waals surface area contributed by atoms with E-state index in [4.69, 9.17) is 0 Å². The summed E-state index contributed by atoms with van der Waals surface area (Å²) < 4.78 is 1.32. The first-order valence-corrected chi connectivity index (χ1v) is 6.56. The van der Waals surface area contributed by atoms with Gasteiger partial charge in [0.1, 0.15) is 0 Å². The highest BCUT2D eigenvalue weighted by atomic mass is 127. The van der Waals surface area contributed by atoms with E-state index in [2.05, 4.69) is 41.8 Å². The van der Waals surface area contributed by atoms with E-state index < -0.39 is 0 Å². The fourth-order valence-corrected chi connectivity index (χ4v) is 1.63. The average molecular weight is 283 g/mol. The van der Waals surface area contributed by atoms with Crippen molar-refractivity contribution < 1.29 is 0 Å². The Labute approximate surface area is 90.8 Å². The standard InChI is InChI=1S/C10H22IN/c1-10(2)9-12-8-6-4-3-5-7-11/h10,12H,3-9H2,1-2H3. The highest BCUT2D eigenvalue weighted by Crippen LogP contribution is 2.01. The lowest BCUT2D eigenvalue weighted by atomic mass is 10.2. The largest absolute Gasteiger partial charge is 0.316 e. The summed E-state index contributed by atoms with van der Waals surface area (Å²) in [4.78, 5) is 0. The van der Waals surface area contributed by atoms with Crippen molar-refractivity contribution in [2.24, 2.45) is 5.92 Å². The normalized spacial score (nSPS) is 11.0. The predicted molar refractivity (Wildman–Crippen MR) is 65.1 cm³/mol. The van der Waals surface area contributed by atoms with Crippen LogP contribution in [0.15, 0.2) is 0 Å². The van der Waals surface area contributed by atoms with E-state index >= 15 is 0 Å². The minimum absolute atomic E-state index is 0.791. The van der Waals surface area contributed by atoms with Gasteiger partial charge in [0, 0.05) is 0 Å². The molecule has 0 bridgehead atoms. The van der Waals surface area contributed by atoms with Gasteiger partial charge in [0.25, 0.3) is 0 Å². The monoisotopic (exact) mass is 283 g/mol. The molecular weight excluding hydrogens is 261 g/mol. The molecule has 0 heterocycles. The van der Waals surface area contributed by atoms with Gasteiger partial charge in [-0.25, -0.2) is 0 Å². The highest BCUT2D eigenvalue weighted by molar-refractivity contribution is 14.1. The molecule has 0 aliphatic carbocycles. The number of hydrogen-bond donors (Lipinski definition) is 1. The Bertz CT molecular complexity index is 83.9. The summed E-state index contributed by atoms with van der Waals surface area (Å²) in [5, 5.41) is 3.46. The molecule has 0 aromatic carbocycles. The van der Waals surface area contributed by atoms with E-state index in [9.17, 15) is 0 Å². The second-order valence-corrected chi connectivity index (χ2v) is 4.78. The molecule has 12 heavy (non-hydrogen) atoms. The van der Waals surface area contributed by atoms with Gasteiger partial charge < -0.3 is 5.32 Å². The predicted octanol–water partition coefficient (Wildman–Crippen LogP) is 3.23. The second-order valence-electron chi connectivity index (χ2n) is 3.70. The van der Waals surface area contributed by atoms with Crippen LogP contribution in [0.4, 0.5) is 0 Å². The zero-order chi connectivity index (χ0) is 9.23. The third-order valence-electron chi connectivity index (χ3n) is 1.79.